The molecule has 0 aliphatic carbocycles. The lowest BCUT2D eigenvalue weighted by Crippen LogP contribution is -2.45. The molecule has 0 bridgehead atoms. The van der Waals surface area contributed by atoms with Crippen molar-refractivity contribution < 1.29 is 14.3 Å². The van der Waals surface area contributed by atoms with E-state index in [-0.39, 0.29) is 24.2 Å². The zero-order valence-electron chi connectivity index (χ0n) is 16.5. The van der Waals surface area contributed by atoms with Gasteiger partial charge in [-0.2, -0.15) is 0 Å². The fourth-order valence-corrected chi connectivity index (χ4v) is 3.37. The van der Waals surface area contributed by atoms with Crippen LogP contribution in [-0.2, 0) is 22.7 Å². The van der Waals surface area contributed by atoms with E-state index >= 15 is 0 Å². The normalized spacial score (nSPS) is 20.8. The molecule has 1 aliphatic rings. The molecule has 2 N–H and O–H groups in total. The van der Waals surface area contributed by atoms with Crippen molar-refractivity contribution in [1.29, 1.82) is 0 Å². The van der Waals surface area contributed by atoms with Gasteiger partial charge in [0.15, 0.2) is 0 Å². The number of ether oxygens (including phenoxy) is 2. The van der Waals surface area contributed by atoms with Gasteiger partial charge in [-0.1, -0.05) is 35.5 Å². The van der Waals surface area contributed by atoms with E-state index in [9.17, 15) is 4.79 Å². The Morgan fingerprint density at radius 1 is 1.32 bits per heavy atom. The number of carbonyl (C=O) groups excluding carboxylic acids is 1. The van der Waals surface area contributed by atoms with Crippen molar-refractivity contribution in [1.82, 2.24) is 19.9 Å². The zero-order valence-corrected chi connectivity index (χ0v) is 16.5. The van der Waals surface area contributed by atoms with Gasteiger partial charge >= 0.3 is 6.09 Å². The van der Waals surface area contributed by atoms with E-state index in [1.54, 1.807) is 4.90 Å². The van der Waals surface area contributed by atoms with Gasteiger partial charge in [0.1, 0.15) is 12.3 Å². The van der Waals surface area contributed by atoms with Gasteiger partial charge < -0.3 is 20.1 Å². The van der Waals surface area contributed by atoms with Crippen LogP contribution in [0.15, 0.2) is 36.5 Å². The Labute approximate surface area is 165 Å². The molecular formula is C20H29N5O3. The molecule has 1 fully saturated rings. The monoisotopic (exact) mass is 387 g/mol. The van der Waals surface area contributed by atoms with Gasteiger partial charge in [-0.3, -0.25) is 0 Å². The van der Waals surface area contributed by atoms with Crippen molar-refractivity contribution >= 4 is 6.09 Å². The molecule has 0 radical (unpaired) electrons. The van der Waals surface area contributed by atoms with Crippen molar-refractivity contribution in [3.63, 3.8) is 0 Å². The minimum absolute atomic E-state index is 0.00173. The molecule has 3 rings (SSSR count). The summed E-state index contributed by atoms with van der Waals surface area (Å²) in [5.74, 6) is 0. The van der Waals surface area contributed by atoms with Crippen LogP contribution in [0.2, 0.25) is 0 Å². The molecule has 8 nitrogen and oxygen atoms in total. The third-order valence-corrected chi connectivity index (χ3v) is 4.85. The maximum absolute atomic E-state index is 12.4. The Morgan fingerprint density at radius 3 is 2.82 bits per heavy atom. The zero-order chi connectivity index (χ0) is 19.9. The Bertz CT molecular complexity index is 749. The standard InChI is InChI=1S/C20H29N5O3/c1-15(21)12-27-14-18-11-25(23-22-18)19-8-9-24(16(2)10-19)20(26)28-13-17-6-4-3-5-7-17/h3-7,11,15-16,19H,8-10,12-14,21H2,1-2H3. The molecular weight excluding hydrogens is 358 g/mol. The van der Waals surface area contributed by atoms with Crippen LogP contribution in [0.4, 0.5) is 4.79 Å². The second kappa shape index (κ2) is 9.66. The Morgan fingerprint density at radius 2 is 2.11 bits per heavy atom. The topological polar surface area (TPSA) is 95.5 Å². The number of amides is 1. The fourth-order valence-electron chi connectivity index (χ4n) is 3.37. The second-order valence-corrected chi connectivity index (χ2v) is 7.44. The number of rotatable bonds is 7. The number of hydrogen-bond donors (Lipinski definition) is 1. The number of nitrogens with two attached hydrogens (primary N) is 1. The van der Waals surface area contributed by atoms with Crippen molar-refractivity contribution in [3.8, 4) is 0 Å². The van der Waals surface area contributed by atoms with Gasteiger partial charge in [0.05, 0.1) is 25.5 Å². The van der Waals surface area contributed by atoms with Crippen LogP contribution in [0.5, 0.6) is 0 Å². The van der Waals surface area contributed by atoms with Crippen LogP contribution < -0.4 is 5.73 Å². The smallest absolute Gasteiger partial charge is 0.410 e. The van der Waals surface area contributed by atoms with Gasteiger partial charge in [-0.15, -0.1) is 5.10 Å². The number of carbonyl (C=O) groups is 1. The molecule has 152 valence electrons. The van der Waals surface area contributed by atoms with E-state index in [2.05, 4.69) is 10.3 Å². The maximum Gasteiger partial charge on any atom is 0.410 e. The van der Waals surface area contributed by atoms with Crippen molar-refractivity contribution in [2.24, 2.45) is 5.73 Å². The van der Waals surface area contributed by atoms with E-state index in [1.165, 1.54) is 0 Å². The van der Waals surface area contributed by atoms with E-state index < -0.39 is 0 Å². The van der Waals surface area contributed by atoms with Crippen LogP contribution in [-0.4, -0.2) is 51.2 Å². The van der Waals surface area contributed by atoms with Crippen molar-refractivity contribution in [3.05, 3.63) is 47.8 Å². The molecule has 3 atom stereocenters. The van der Waals surface area contributed by atoms with E-state index in [0.29, 0.717) is 26.4 Å². The SMILES string of the molecule is CC(N)COCc1cn(C2CCN(C(=O)OCc3ccccc3)C(C)C2)nn1. The Balaban J connectivity index is 1.48. The predicted octanol–water partition coefficient (Wildman–Crippen LogP) is 2.50. The highest BCUT2D eigenvalue weighted by atomic mass is 16.6. The highest BCUT2D eigenvalue weighted by molar-refractivity contribution is 5.68. The predicted molar refractivity (Wildman–Crippen MR) is 104 cm³/mol. The summed E-state index contributed by atoms with van der Waals surface area (Å²) in [6.45, 7) is 5.77. The summed E-state index contributed by atoms with van der Waals surface area (Å²) < 4.78 is 12.9. The molecule has 1 saturated heterocycles. The summed E-state index contributed by atoms with van der Waals surface area (Å²) in [4.78, 5) is 14.2. The third-order valence-electron chi connectivity index (χ3n) is 4.85. The first-order valence-corrected chi connectivity index (χ1v) is 9.74. The maximum atomic E-state index is 12.4. The number of aromatic nitrogens is 3. The first-order chi connectivity index (χ1) is 13.5. The van der Waals surface area contributed by atoms with E-state index in [0.717, 1.165) is 24.1 Å². The molecule has 8 heteroatoms. The second-order valence-electron chi connectivity index (χ2n) is 7.44. The molecule has 28 heavy (non-hydrogen) atoms. The number of benzene rings is 1. The third kappa shape index (κ3) is 5.53. The van der Waals surface area contributed by atoms with Crippen LogP contribution in [0.3, 0.4) is 0 Å². The van der Waals surface area contributed by atoms with Crippen LogP contribution in [0.25, 0.3) is 0 Å². The van der Waals surface area contributed by atoms with E-state index in [1.807, 2.05) is 55.1 Å². The lowest BCUT2D eigenvalue weighted by atomic mass is 9.99. The van der Waals surface area contributed by atoms with E-state index in [4.69, 9.17) is 15.2 Å². The van der Waals surface area contributed by atoms with Gasteiger partial charge in [-0.05, 0) is 32.3 Å². The lowest BCUT2D eigenvalue weighted by molar-refractivity contribution is 0.0613. The van der Waals surface area contributed by atoms with Gasteiger partial charge in [0, 0.05) is 18.6 Å². The summed E-state index contributed by atoms with van der Waals surface area (Å²) in [5.41, 5.74) is 7.45. The summed E-state index contributed by atoms with van der Waals surface area (Å²) >= 11 is 0. The first kappa shape index (κ1) is 20.3. The number of hydrogen-bond acceptors (Lipinski definition) is 6. The van der Waals surface area contributed by atoms with Gasteiger partial charge in [-0.25, -0.2) is 9.48 Å². The molecule has 1 aliphatic heterocycles. The minimum Gasteiger partial charge on any atom is -0.445 e. The molecule has 3 unspecified atom stereocenters. The molecule has 2 aromatic rings. The van der Waals surface area contributed by atoms with Gasteiger partial charge in [0.2, 0.25) is 0 Å². The van der Waals surface area contributed by atoms with Crippen molar-refractivity contribution in [2.45, 2.75) is 58.0 Å². The first-order valence-electron chi connectivity index (χ1n) is 9.74. The molecule has 1 amide bonds. The summed E-state index contributed by atoms with van der Waals surface area (Å²) in [7, 11) is 0. The number of likely N-dealkylation sites (tertiary alicyclic amines) is 1. The number of piperidine rings is 1. The highest BCUT2D eigenvalue weighted by Gasteiger charge is 2.31. The van der Waals surface area contributed by atoms with Crippen LogP contribution in [0.1, 0.15) is 44.0 Å². The lowest BCUT2D eigenvalue weighted by Gasteiger charge is -2.36. The average Bonchev–Trinajstić information content (AvgIpc) is 3.15. The Hall–Kier alpha value is -2.45. The summed E-state index contributed by atoms with van der Waals surface area (Å²) in [6.07, 6.45) is 3.28. The van der Waals surface area contributed by atoms with Crippen molar-refractivity contribution in [2.75, 3.05) is 13.2 Å². The summed E-state index contributed by atoms with van der Waals surface area (Å²) in [5, 5.41) is 8.41. The molecule has 1 aromatic carbocycles. The number of nitrogens with zero attached hydrogens (tertiary/aromatic N) is 4. The minimum atomic E-state index is -0.265. The summed E-state index contributed by atoms with van der Waals surface area (Å²) in [6, 6.07) is 10.00. The van der Waals surface area contributed by atoms with Crippen LogP contribution in [0, 0.1) is 0 Å². The highest BCUT2D eigenvalue weighted by Crippen LogP contribution is 2.27. The molecule has 0 spiro atoms. The molecule has 0 saturated carbocycles. The fraction of sp³-hybridized carbons (Fsp3) is 0.550. The Kier molecular flexibility index (Phi) is 7.00. The molecule has 1 aromatic heterocycles. The average molecular weight is 387 g/mol. The van der Waals surface area contributed by atoms with Crippen LogP contribution >= 0.6 is 0 Å². The molecule has 2 heterocycles. The van der Waals surface area contributed by atoms with Gasteiger partial charge in [0.25, 0.3) is 0 Å². The largest absolute Gasteiger partial charge is 0.445 e. The quantitative estimate of drug-likeness (QED) is 0.784.